The van der Waals surface area contributed by atoms with Crippen LogP contribution in [-0.4, -0.2) is 24.6 Å². The van der Waals surface area contributed by atoms with E-state index in [2.05, 4.69) is 23.3 Å². The van der Waals surface area contributed by atoms with E-state index in [9.17, 15) is 14.4 Å². The Balaban J connectivity index is 1.67. The van der Waals surface area contributed by atoms with Crippen LogP contribution in [0.25, 0.3) is 11.2 Å². The summed E-state index contributed by atoms with van der Waals surface area (Å²) in [6, 6.07) is 8.03. The van der Waals surface area contributed by atoms with E-state index in [0.717, 1.165) is 55.1 Å². The van der Waals surface area contributed by atoms with E-state index in [1.54, 1.807) is 10.9 Å². The molecule has 0 spiro atoms. The number of carbonyl (C=O) groups is 1. The molecular formula is C25H33N5O3. The maximum absolute atomic E-state index is 13.4. The molecule has 2 heterocycles. The van der Waals surface area contributed by atoms with E-state index in [1.807, 2.05) is 29.7 Å². The number of unbranched alkanes of at least 4 members (excludes halogenated alkanes) is 2. The van der Waals surface area contributed by atoms with E-state index in [-0.39, 0.29) is 18.5 Å². The van der Waals surface area contributed by atoms with Crippen molar-refractivity contribution in [2.45, 2.75) is 84.5 Å². The first-order valence-corrected chi connectivity index (χ1v) is 12.1. The van der Waals surface area contributed by atoms with Gasteiger partial charge in [0, 0.05) is 13.1 Å². The third-order valence-corrected chi connectivity index (χ3v) is 6.48. The summed E-state index contributed by atoms with van der Waals surface area (Å²) in [5.74, 6) is -0.322. The second-order valence-electron chi connectivity index (χ2n) is 8.85. The zero-order valence-electron chi connectivity index (χ0n) is 19.5. The third-order valence-electron chi connectivity index (χ3n) is 6.48. The third kappa shape index (κ3) is 4.65. The first kappa shape index (κ1) is 23.0. The van der Waals surface area contributed by atoms with Crippen LogP contribution in [0, 0.1) is 0 Å². The van der Waals surface area contributed by atoms with Crippen molar-refractivity contribution < 1.29 is 4.79 Å². The Labute approximate surface area is 193 Å². The van der Waals surface area contributed by atoms with Crippen LogP contribution in [0.2, 0.25) is 0 Å². The highest BCUT2D eigenvalue weighted by Crippen LogP contribution is 2.29. The number of amides is 1. The monoisotopic (exact) mass is 451 g/mol. The van der Waals surface area contributed by atoms with Crippen molar-refractivity contribution in [2.75, 3.05) is 0 Å². The van der Waals surface area contributed by atoms with Gasteiger partial charge in [0.05, 0.1) is 12.4 Å². The zero-order chi connectivity index (χ0) is 23.4. The van der Waals surface area contributed by atoms with Gasteiger partial charge in [-0.25, -0.2) is 14.3 Å². The van der Waals surface area contributed by atoms with Gasteiger partial charge in [-0.2, -0.15) is 0 Å². The summed E-state index contributed by atoms with van der Waals surface area (Å²) in [5, 5.41) is 3.06. The molecule has 0 saturated carbocycles. The highest BCUT2D eigenvalue weighted by molar-refractivity contribution is 5.77. The summed E-state index contributed by atoms with van der Waals surface area (Å²) in [5.41, 5.74) is 2.26. The number of benzene rings is 1. The highest BCUT2D eigenvalue weighted by atomic mass is 16.2. The molecule has 1 unspecified atom stereocenters. The molecule has 33 heavy (non-hydrogen) atoms. The fourth-order valence-electron chi connectivity index (χ4n) is 4.68. The molecule has 0 saturated heterocycles. The van der Waals surface area contributed by atoms with Gasteiger partial charge in [0.25, 0.3) is 5.56 Å². The molecule has 176 valence electrons. The van der Waals surface area contributed by atoms with Crippen molar-refractivity contribution in [1.82, 2.24) is 24.0 Å². The first-order chi connectivity index (χ1) is 16.0. The minimum absolute atomic E-state index is 0.0979. The van der Waals surface area contributed by atoms with Crippen LogP contribution in [0.4, 0.5) is 0 Å². The van der Waals surface area contributed by atoms with Gasteiger partial charge in [0.1, 0.15) is 6.54 Å². The Morgan fingerprint density at radius 3 is 2.64 bits per heavy atom. The number of imidazole rings is 1. The number of hydrogen-bond acceptors (Lipinski definition) is 4. The first-order valence-electron chi connectivity index (χ1n) is 12.1. The summed E-state index contributed by atoms with van der Waals surface area (Å²) < 4.78 is 4.44. The van der Waals surface area contributed by atoms with Gasteiger partial charge in [-0.1, -0.05) is 51.0 Å². The van der Waals surface area contributed by atoms with Crippen molar-refractivity contribution in [1.29, 1.82) is 0 Å². The van der Waals surface area contributed by atoms with E-state index in [1.165, 1.54) is 5.56 Å². The number of aromatic nitrogens is 4. The minimum atomic E-state index is -0.471. The summed E-state index contributed by atoms with van der Waals surface area (Å²) in [7, 11) is 0. The molecule has 1 aliphatic carbocycles. The average molecular weight is 452 g/mol. The molecule has 8 heteroatoms. The van der Waals surface area contributed by atoms with E-state index in [4.69, 9.17) is 0 Å². The molecule has 0 radical (unpaired) electrons. The second-order valence-corrected chi connectivity index (χ2v) is 8.85. The molecule has 4 rings (SSSR count). The molecule has 1 aromatic carbocycles. The topological polar surface area (TPSA) is 90.9 Å². The second kappa shape index (κ2) is 10.2. The Kier molecular flexibility index (Phi) is 7.11. The molecule has 0 fully saturated rings. The Morgan fingerprint density at radius 2 is 1.85 bits per heavy atom. The van der Waals surface area contributed by atoms with Crippen LogP contribution in [0.3, 0.4) is 0 Å². The standard InChI is InChI=1S/C25H33N5O3/c1-3-5-14-28-17-26-23-22(28)24(32)30(25(33)29(23)15-6-4-2)16-21(31)27-20-13-9-11-18-10-7-8-12-19(18)20/h7-8,10,12,17,20H,3-6,9,11,13-16H2,1-2H3,(H,27,31). The average Bonchev–Trinajstić information content (AvgIpc) is 3.24. The van der Waals surface area contributed by atoms with E-state index >= 15 is 0 Å². The lowest BCUT2D eigenvalue weighted by Gasteiger charge is -2.26. The Morgan fingerprint density at radius 1 is 1.09 bits per heavy atom. The summed E-state index contributed by atoms with van der Waals surface area (Å²) >= 11 is 0. The van der Waals surface area contributed by atoms with Crippen molar-refractivity contribution in [3.8, 4) is 0 Å². The smallest absolute Gasteiger partial charge is 0.333 e. The molecule has 1 N–H and O–H groups in total. The molecule has 8 nitrogen and oxygen atoms in total. The fraction of sp³-hybridized carbons (Fsp3) is 0.520. The SMILES string of the molecule is CCCCn1cnc2c1c(=O)n(CC(=O)NC1CCCc3ccccc31)c(=O)n2CCCC. The van der Waals surface area contributed by atoms with Crippen molar-refractivity contribution in [3.05, 3.63) is 62.6 Å². The minimum Gasteiger partial charge on any atom is -0.348 e. The fourth-order valence-corrected chi connectivity index (χ4v) is 4.68. The molecule has 1 amide bonds. The van der Waals surface area contributed by atoms with Gasteiger partial charge in [-0.05, 0) is 43.2 Å². The molecule has 1 aliphatic rings. The van der Waals surface area contributed by atoms with Crippen LogP contribution in [-0.2, 0) is 30.8 Å². The summed E-state index contributed by atoms with van der Waals surface area (Å²) in [6.07, 6.45) is 8.06. The lowest BCUT2D eigenvalue weighted by atomic mass is 9.88. The number of aryl methyl sites for hydroxylation is 3. The predicted octanol–water partition coefficient (Wildman–Crippen LogP) is 3.15. The molecule has 2 aromatic heterocycles. The van der Waals surface area contributed by atoms with Crippen molar-refractivity contribution in [3.63, 3.8) is 0 Å². The van der Waals surface area contributed by atoms with Crippen LogP contribution in [0.1, 0.15) is 69.5 Å². The zero-order valence-corrected chi connectivity index (χ0v) is 19.5. The van der Waals surface area contributed by atoms with Gasteiger partial charge < -0.3 is 9.88 Å². The number of fused-ring (bicyclic) bond motifs is 2. The maximum atomic E-state index is 13.4. The quantitative estimate of drug-likeness (QED) is 0.541. The van der Waals surface area contributed by atoms with Crippen molar-refractivity contribution >= 4 is 17.1 Å². The lowest BCUT2D eigenvalue weighted by Crippen LogP contribution is -2.45. The van der Waals surface area contributed by atoms with Crippen LogP contribution in [0.5, 0.6) is 0 Å². The molecule has 3 aromatic rings. The highest BCUT2D eigenvalue weighted by Gasteiger charge is 2.23. The van der Waals surface area contributed by atoms with E-state index < -0.39 is 11.2 Å². The van der Waals surface area contributed by atoms with Gasteiger partial charge >= 0.3 is 5.69 Å². The Bertz CT molecular complexity index is 1250. The lowest BCUT2D eigenvalue weighted by molar-refractivity contribution is -0.122. The number of carbonyl (C=O) groups excluding carboxylic acids is 1. The number of nitrogens with one attached hydrogen (secondary N) is 1. The summed E-state index contributed by atoms with van der Waals surface area (Å²) in [4.78, 5) is 44.0. The number of hydrogen-bond donors (Lipinski definition) is 1. The maximum Gasteiger partial charge on any atom is 0.333 e. The normalized spacial score (nSPS) is 15.5. The van der Waals surface area contributed by atoms with Crippen LogP contribution >= 0.6 is 0 Å². The van der Waals surface area contributed by atoms with Crippen LogP contribution < -0.4 is 16.6 Å². The molecule has 0 aliphatic heterocycles. The molecule has 1 atom stereocenters. The number of rotatable bonds is 9. The summed E-state index contributed by atoms with van der Waals surface area (Å²) in [6.45, 7) is 4.96. The predicted molar refractivity (Wildman–Crippen MR) is 128 cm³/mol. The van der Waals surface area contributed by atoms with Gasteiger partial charge in [0.2, 0.25) is 5.91 Å². The van der Waals surface area contributed by atoms with Crippen LogP contribution in [0.15, 0.2) is 40.2 Å². The molecular weight excluding hydrogens is 418 g/mol. The van der Waals surface area contributed by atoms with E-state index in [0.29, 0.717) is 24.3 Å². The van der Waals surface area contributed by atoms with Gasteiger partial charge in [-0.3, -0.25) is 14.2 Å². The van der Waals surface area contributed by atoms with Crippen molar-refractivity contribution in [2.24, 2.45) is 0 Å². The van der Waals surface area contributed by atoms with Gasteiger partial charge in [0.15, 0.2) is 11.2 Å². The largest absolute Gasteiger partial charge is 0.348 e. The Hall–Kier alpha value is -3.16. The molecule has 0 bridgehead atoms. The number of nitrogens with zero attached hydrogens (tertiary/aromatic N) is 4. The van der Waals surface area contributed by atoms with Gasteiger partial charge in [-0.15, -0.1) is 0 Å².